The van der Waals surface area contributed by atoms with Crippen molar-refractivity contribution in [2.24, 2.45) is 0 Å². The van der Waals surface area contributed by atoms with Gasteiger partial charge in [0.1, 0.15) is 0 Å². The maximum atomic E-state index is 13.3. The van der Waals surface area contributed by atoms with E-state index >= 15 is 0 Å². The summed E-state index contributed by atoms with van der Waals surface area (Å²) >= 11 is 0. The molecule has 0 saturated carbocycles. The van der Waals surface area contributed by atoms with Crippen LogP contribution < -0.4 is 5.32 Å². The molecule has 5 heterocycles. The monoisotopic (exact) mass is 427 g/mol. The maximum absolute atomic E-state index is 13.3. The van der Waals surface area contributed by atoms with Crippen molar-refractivity contribution in [3.8, 4) is 0 Å². The van der Waals surface area contributed by atoms with E-state index in [2.05, 4.69) is 51.8 Å². The zero-order valence-corrected chi connectivity index (χ0v) is 19.0. The highest BCUT2D eigenvalue weighted by Crippen LogP contribution is 2.27. The Morgan fingerprint density at radius 2 is 1.78 bits per heavy atom. The van der Waals surface area contributed by atoms with Gasteiger partial charge in [-0.25, -0.2) is 0 Å². The number of nitrogens with zero attached hydrogens (tertiary/aromatic N) is 4. The van der Waals surface area contributed by atoms with Crippen LogP contribution in [0.2, 0.25) is 0 Å². The lowest BCUT2D eigenvalue weighted by Gasteiger charge is -2.39. The van der Waals surface area contributed by atoms with E-state index in [1.165, 1.54) is 0 Å². The van der Waals surface area contributed by atoms with Gasteiger partial charge in [0.15, 0.2) is 0 Å². The van der Waals surface area contributed by atoms with Gasteiger partial charge in [-0.1, -0.05) is 12.2 Å². The summed E-state index contributed by atoms with van der Waals surface area (Å²) in [6, 6.07) is 2.92. The Balaban J connectivity index is 1.48. The summed E-state index contributed by atoms with van der Waals surface area (Å²) in [5.74, 6) is -0.0463. The Bertz CT molecular complexity index is 1230. The van der Waals surface area contributed by atoms with Crippen molar-refractivity contribution in [2.75, 3.05) is 13.1 Å². The van der Waals surface area contributed by atoms with E-state index in [0.29, 0.717) is 12.1 Å². The van der Waals surface area contributed by atoms with Crippen LogP contribution in [0, 0.1) is 13.8 Å². The number of amides is 1. The summed E-state index contributed by atoms with van der Waals surface area (Å²) in [5.41, 5.74) is 6.84. The average molecular weight is 428 g/mol. The second-order valence-electron chi connectivity index (χ2n) is 9.01. The van der Waals surface area contributed by atoms with Gasteiger partial charge in [-0.2, -0.15) is 0 Å². The first-order chi connectivity index (χ1) is 15.4. The normalized spacial score (nSPS) is 25.1. The van der Waals surface area contributed by atoms with Crippen molar-refractivity contribution in [1.82, 2.24) is 24.5 Å². The van der Waals surface area contributed by atoms with Crippen molar-refractivity contribution in [1.29, 1.82) is 0 Å². The molecule has 0 unspecified atom stereocenters. The predicted octanol–water partition coefficient (Wildman–Crippen LogP) is 3.71. The summed E-state index contributed by atoms with van der Waals surface area (Å²) in [4.78, 5) is 22.0. The number of hydrogen-bond donors (Lipinski definition) is 1. The van der Waals surface area contributed by atoms with Gasteiger partial charge in [-0.15, -0.1) is 0 Å². The lowest BCUT2D eigenvalue weighted by molar-refractivity contribution is -0.122. The highest BCUT2D eigenvalue weighted by atomic mass is 16.2. The molecule has 164 valence electrons. The molecule has 3 aliphatic rings. The molecule has 2 aromatic rings. The quantitative estimate of drug-likeness (QED) is 0.794. The third-order valence-electron chi connectivity index (χ3n) is 6.17. The minimum Gasteiger partial charge on any atom is -0.367 e. The first-order valence-electron chi connectivity index (χ1n) is 11.2. The van der Waals surface area contributed by atoms with Crippen LogP contribution in [-0.2, 0) is 4.79 Å². The largest absolute Gasteiger partial charge is 0.367 e. The van der Waals surface area contributed by atoms with Crippen LogP contribution in [0.15, 0.2) is 72.5 Å². The Kier molecular flexibility index (Phi) is 5.10. The van der Waals surface area contributed by atoms with Crippen molar-refractivity contribution < 1.29 is 4.79 Å². The molecular formula is C26H29N5O. The molecule has 2 atom stereocenters. The Morgan fingerprint density at radius 3 is 2.56 bits per heavy atom. The first kappa shape index (κ1) is 20.5. The topological polar surface area (TPSA) is 52.9 Å². The molecule has 1 fully saturated rings. The lowest BCUT2D eigenvalue weighted by Crippen LogP contribution is -2.53. The first-order valence-corrected chi connectivity index (χ1v) is 11.2. The number of allylic oxidation sites excluding steroid dienone is 6. The van der Waals surface area contributed by atoms with E-state index in [1.807, 2.05) is 50.5 Å². The third kappa shape index (κ3) is 3.82. The molecule has 6 heteroatoms. The van der Waals surface area contributed by atoms with E-state index in [4.69, 9.17) is 0 Å². The maximum Gasteiger partial charge on any atom is 0.255 e. The fraction of sp³-hybridized carbons (Fsp3) is 0.308. The fourth-order valence-corrected chi connectivity index (χ4v) is 4.82. The standard InChI is InChI=1S/C26H29N5O/c1-17-12-29(13-18(2)27-17)24-9-8-23-7-5-6-21(11-26(32)31(23)16-24)22-10-25-20(4)28-19(3)14-30(25)15-22/h5-11,14-18,27H,12-13H2,1-4H3/b6-5?,21-11?,23-7+/t17-,18+. The molecule has 1 N–H and O–H groups in total. The number of nitrogens with one attached hydrogen (secondary N) is 1. The highest BCUT2D eigenvalue weighted by molar-refractivity contribution is 6.00. The third-order valence-corrected chi connectivity index (χ3v) is 6.17. The lowest BCUT2D eigenvalue weighted by atomic mass is 10.0. The molecule has 0 aromatic carbocycles. The van der Waals surface area contributed by atoms with Gasteiger partial charge >= 0.3 is 0 Å². The molecule has 0 radical (unpaired) electrons. The number of aromatic nitrogens is 2. The molecule has 32 heavy (non-hydrogen) atoms. The van der Waals surface area contributed by atoms with Crippen LogP contribution in [0.25, 0.3) is 11.1 Å². The van der Waals surface area contributed by atoms with Crippen LogP contribution in [0.3, 0.4) is 0 Å². The minimum absolute atomic E-state index is 0.0463. The Labute approximate surface area is 188 Å². The van der Waals surface area contributed by atoms with E-state index < -0.39 is 0 Å². The minimum atomic E-state index is -0.0463. The fourth-order valence-electron chi connectivity index (χ4n) is 4.82. The number of hydrogen-bond acceptors (Lipinski definition) is 4. The van der Waals surface area contributed by atoms with E-state index in [0.717, 1.165) is 52.5 Å². The Hall–Kier alpha value is -3.38. The van der Waals surface area contributed by atoms with E-state index in [1.54, 1.807) is 11.0 Å². The second kappa shape index (κ2) is 7.95. The molecule has 0 spiro atoms. The van der Waals surface area contributed by atoms with E-state index in [9.17, 15) is 4.79 Å². The second-order valence-corrected chi connectivity index (χ2v) is 9.01. The molecule has 5 rings (SSSR count). The van der Waals surface area contributed by atoms with Crippen LogP contribution >= 0.6 is 0 Å². The van der Waals surface area contributed by atoms with Gasteiger partial charge in [0.05, 0.1) is 22.6 Å². The Morgan fingerprint density at radius 1 is 1.03 bits per heavy atom. The summed E-state index contributed by atoms with van der Waals surface area (Å²) in [6.45, 7) is 10.2. The molecule has 0 bridgehead atoms. The summed E-state index contributed by atoms with van der Waals surface area (Å²) in [7, 11) is 0. The number of fused-ring (bicyclic) bond motifs is 2. The van der Waals surface area contributed by atoms with Crippen LogP contribution in [0.5, 0.6) is 0 Å². The summed E-state index contributed by atoms with van der Waals surface area (Å²) < 4.78 is 2.08. The number of carbonyl (C=O) groups is 1. The van der Waals surface area contributed by atoms with Crippen molar-refractivity contribution in [2.45, 2.75) is 39.8 Å². The number of rotatable bonds is 2. The number of aryl methyl sites for hydroxylation is 2. The number of piperazine rings is 1. The highest BCUT2D eigenvalue weighted by Gasteiger charge is 2.25. The van der Waals surface area contributed by atoms with Crippen molar-refractivity contribution >= 4 is 17.0 Å². The molecule has 6 nitrogen and oxygen atoms in total. The van der Waals surface area contributed by atoms with Gasteiger partial charge in [-0.05, 0) is 57.6 Å². The predicted molar refractivity (Wildman–Crippen MR) is 128 cm³/mol. The molecule has 3 aliphatic heterocycles. The number of carbonyl (C=O) groups excluding carboxylic acids is 1. The average Bonchev–Trinajstić information content (AvgIpc) is 3.15. The summed E-state index contributed by atoms with van der Waals surface area (Å²) in [6.07, 6.45) is 17.9. The van der Waals surface area contributed by atoms with Crippen LogP contribution in [0.1, 0.15) is 30.8 Å². The van der Waals surface area contributed by atoms with Gasteiger partial charge in [0, 0.05) is 61.1 Å². The SMILES string of the molecule is Cc1cn2cc(C3=CC(=O)N4C=C(N5C[C@@H](C)N[C@@H](C)C5)C=C/C4=C\C=C3)cc2c(C)n1. The van der Waals surface area contributed by atoms with Gasteiger partial charge in [0.2, 0.25) is 0 Å². The van der Waals surface area contributed by atoms with Gasteiger partial charge < -0.3 is 14.6 Å². The zero-order chi connectivity index (χ0) is 22.4. The zero-order valence-electron chi connectivity index (χ0n) is 19.0. The smallest absolute Gasteiger partial charge is 0.255 e. The summed E-state index contributed by atoms with van der Waals surface area (Å²) in [5, 5.41) is 3.56. The van der Waals surface area contributed by atoms with Gasteiger partial charge in [-0.3, -0.25) is 14.7 Å². The molecule has 0 aliphatic carbocycles. The van der Waals surface area contributed by atoms with Crippen molar-refractivity contribution in [3.05, 3.63) is 89.5 Å². The molecule has 1 amide bonds. The van der Waals surface area contributed by atoms with Crippen molar-refractivity contribution in [3.63, 3.8) is 0 Å². The molecule has 2 aromatic heterocycles. The molecule has 1 saturated heterocycles. The van der Waals surface area contributed by atoms with Crippen LogP contribution in [-0.4, -0.2) is 50.3 Å². The van der Waals surface area contributed by atoms with Gasteiger partial charge in [0.25, 0.3) is 5.91 Å². The molecular weight excluding hydrogens is 398 g/mol. The van der Waals surface area contributed by atoms with E-state index in [-0.39, 0.29) is 5.91 Å². The van der Waals surface area contributed by atoms with Crippen LogP contribution in [0.4, 0.5) is 0 Å².